The van der Waals surface area contributed by atoms with Gasteiger partial charge in [0.25, 0.3) is 0 Å². The highest BCUT2D eigenvalue weighted by Crippen LogP contribution is 2.25. The molecule has 1 aliphatic rings. The summed E-state index contributed by atoms with van der Waals surface area (Å²) in [5.74, 6) is -0.413. The van der Waals surface area contributed by atoms with E-state index in [1.807, 2.05) is 6.07 Å². The molecule has 0 N–H and O–H groups in total. The van der Waals surface area contributed by atoms with E-state index in [0.717, 1.165) is 0 Å². The van der Waals surface area contributed by atoms with Gasteiger partial charge in [-0.2, -0.15) is 5.26 Å². The summed E-state index contributed by atoms with van der Waals surface area (Å²) in [4.78, 5) is 1.73. The van der Waals surface area contributed by atoms with Crippen molar-refractivity contribution in [3.8, 4) is 6.07 Å². The maximum atomic E-state index is 13.8. The molecule has 1 saturated heterocycles. The Bertz CT molecular complexity index is 607. The van der Waals surface area contributed by atoms with Crippen LogP contribution in [0.3, 0.4) is 0 Å². The molecular weight excluding hydrogens is 255 g/mol. The summed E-state index contributed by atoms with van der Waals surface area (Å²) in [5.41, 5.74) is 0.616. The van der Waals surface area contributed by atoms with Gasteiger partial charge in [-0.3, -0.25) is 0 Å². The van der Waals surface area contributed by atoms with Crippen LogP contribution in [0.15, 0.2) is 18.2 Å². The van der Waals surface area contributed by atoms with E-state index in [4.69, 9.17) is 5.26 Å². The number of nitrogens with zero attached hydrogens (tertiary/aromatic N) is 2. The first kappa shape index (κ1) is 12.8. The summed E-state index contributed by atoms with van der Waals surface area (Å²) in [7, 11) is -3.01. The third kappa shape index (κ3) is 2.46. The van der Waals surface area contributed by atoms with E-state index in [9.17, 15) is 12.8 Å². The van der Waals surface area contributed by atoms with E-state index in [1.54, 1.807) is 11.8 Å². The van der Waals surface area contributed by atoms with Crippen molar-refractivity contribution in [3.05, 3.63) is 29.6 Å². The second kappa shape index (κ2) is 4.58. The Morgan fingerprint density at radius 3 is 2.78 bits per heavy atom. The van der Waals surface area contributed by atoms with Gasteiger partial charge in [0.1, 0.15) is 5.82 Å². The molecule has 96 valence electrons. The van der Waals surface area contributed by atoms with E-state index in [-0.39, 0.29) is 29.7 Å². The third-order valence-corrected chi connectivity index (χ3v) is 4.85. The molecule has 1 aliphatic heterocycles. The van der Waals surface area contributed by atoms with Crippen molar-refractivity contribution >= 4 is 15.5 Å². The zero-order valence-electron chi connectivity index (χ0n) is 9.93. The van der Waals surface area contributed by atoms with Crippen molar-refractivity contribution in [2.45, 2.75) is 13.0 Å². The Labute approximate surface area is 106 Å². The predicted octanol–water partition coefficient (Wildman–Crippen LogP) is 1.32. The van der Waals surface area contributed by atoms with Gasteiger partial charge in [-0.25, -0.2) is 12.8 Å². The molecular formula is C12H13FN2O2S. The molecule has 0 spiro atoms. The summed E-state index contributed by atoms with van der Waals surface area (Å²) in [5, 5.41) is 8.67. The van der Waals surface area contributed by atoms with Crippen LogP contribution in [0.4, 0.5) is 10.1 Å². The van der Waals surface area contributed by atoms with E-state index < -0.39 is 15.7 Å². The summed E-state index contributed by atoms with van der Waals surface area (Å²) in [6.07, 6.45) is 0. The summed E-state index contributed by atoms with van der Waals surface area (Å²) >= 11 is 0. The van der Waals surface area contributed by atoms with Crippen molar-refractivity contribution in [1.82, 2.24) is 0 Å². The first-order valence-corrected chi connectivity index (χ1v) is 7.42. The van der Waals surface area contributed by atoms with Gasteiger partial charge in [-0.05, 0) is 25.1 Å². The normalized spacial score (nSPS) is 22.5. The largest absolute Gasteiger partial charge is 0.364 e. The fraction of sp³-hybridized carbons (Fsp3) is 0.417. The second-order valence-corrected chi connectivity index (χ2v) is 6.66. The molecule has 6 heteroatoms. The van der Waals surface area contributed by atoms with Crippen molar-refractivity contribution in [2.24, 2.45) is 0 Å². The molecule has 1 aromatic carbocycles. The molecule has 2 rings (SSSR count). The van der Waals surface area contributed by atoms with Gasteiger partial charge < -0.3 is 4.90 Å². The zero-order chi connectivity index (χ0) is 13.3. The lowest BCUT2D eigenvalue weighted by atomic mass is 10.1. The molecule has 1 aromatic rings. The SMILES string of the molecule is CC1CS(=O)(=O)CCN1c1ccc(C#N)cc1F. The van der Waals surface area contributed by atoms with Gasteiger partial charge in [0, 0.05) is 12.6 Å². The monoisotopic (exact) mass is 268 g/mol. The summed E-state index contributed by atoms with van der Waals surface area (Å²) in [6, 6.07) is 5.85. The molecule has 0 saturated carbocycles. The highest BCUT2D eigenvalue weighted by Gasteiger charge is 2.29. The Morgan fingerprint density at radius 1 is 1.50 bits per heavy atom. The summed E-state index contributed by atoms with van der Waals surface area (Å²) in [6.45, 7) is 2.04. The zero-order valence-corrected chi connectivity index (χ0v) is 10.7. The van der Waals surface area contributed by atoms with Crippen LogP contribution in [0.5, 0.6) is 0 Å². The highest BCUT2D eigenvalue weighted by molar-refractivity contribution is 7.91. The van der Waals surface area contributed by atoms with Crippen LogP contribution >= 0.6 is 0 Å². The lowest BCUT2D eigenvalue weighted by Crippen LogP contribution is -2.47. The first-order valence-electron chi connectivity index (χ1n) is 5.59. The molecule has 4 nitrogen and oxygen atoms in total. The minimum absolute atomic E-state index is 0.0342. The fourth-order valence-electron chi connectivity index (χ4n) is 2.17. The van der Waals surface area contributed by atoms with Crippen molar-refractivity contribution in [1.29, 1.82) is 5.26 Å². The molecule has 0 bridgehead atoms. The predicted molar refractivity (Wildman–Crippen MR) is 66.6 cm³/mol. The Balaban J connectivity index is 2.31. The molecule has 1 heterocycles. The molecule has 1 unspecified atom stereocenters. The van der Waals surface area contributed by atoms with Crippen LogP contribution in [0.1, 0.15) is 12.5 Å². The minimum Gasteiger partial charge on any atom is -0.364 e. The number of hydrogen-bond donors (Lipinski definition) is 0. The third-order valence-electron chi connectivity index (χ3n) is 3.06. The first-order chi connectivity index (χ1) is 8.43. The molecule has 0 aromatic heterocycles. The van der Waals surface area contributed by atoms with Gasteiger partial charge in [0.05, 0.1) is 28.8 Å². The number of benzene rings is 1. The van der Waals surface area contributed by atoms with Gasteiger partial charge in [-0.1, -0.05) is 0 Å². The van der Waals surface area contributed by atoms with E-state index in [0.29, 0.717) is 5.69 Å². The lowest BCUT2D eigenvalue weighted by molar-refractivity contribution is 0.559. The van der Waals surface area contributed by atoms with Crippen LogP contribution in [0, 0.1) is 17.1 Å². The molecule has 1 atom stereocenters. The van der Waals surface area contributed by atoms with Crippen molar-refractivity contribution in [2.75, 3.05) is 23.0 Å². The number of anilines is 1. The summed E-state index contributed by atoms with van der Waals surface area (Å²) < 4.78 is 36.8. The average Bonchev–Trinajstić information content (AvgIpc) is 2.29. The molecule has 18 heavy (non-hydrogen) atoms. The number of halogens is 1. The number of nitriles is 1. The van der Waals surface area contributed by atoms with Crippen LogP contribution < -0.4 is 4.90 Å². The van der Waals surface area contributed by atoms with E-state index in [1.165, 1.54) is 18.2 Å². The fourth-order valence-corrected chi connectivity index (χ4v) is 3.72. The molecule has 1 fully saturated rings. The maximum absolute atomic E-state index is 13.8. The molecule has 0 amide bonds. The molecule has 0 aliphatic carbocycles. The van der Waals surface area contributed by atoms with Crippen LogP contribution in [0.2, 0.25) is 0 Å². The number of hydrogen-bond acceptors (Lipinski definition) is 4. The Morgan fingerprint density at radius 2 is 2.22 bits per heavy atom. The van der Waals surface area contributed by atoms with E-state index in [2.05, 4.69) is 0 Å². The lowest BCUT2D eigenvalue weighted by Gasteiger charge is -2.35. The number of rotatable bonds is 1. The average molecular weight is 268 g/mol. The Kier molecular flexibility index (Phi) is 3.26. The van der Waals surface area contributed by atoms with E-state index >= 15 is 0 Å². The molecule has 0 radical (unpaired) electrons. The quantitative estimate of drug-likeness (QED) is 0.770. The van der Waals surface area contributed by atoms with Crippen LogP contribution in [-0.2, 0) is 9.84 Å². The standard InChI is InChI=1S/C12H13FN2O2S/c1-9-8-18(16,17)5-4-15(9)12-3-2-10(7-14)6-11(12)13/h2-3,6,9H,4-5,8H2,1H3. The van der Waals surface area contributed by atoms with Gasteiger partial charge >= 0.3 is 0 Å². The van der Waals surface area contributed by atoms with Crippen molar-refractivity contribution in [3.63, 3.8) is 0 Å². The topological polar surface area (TPSA) is 61.2 Å². The Hall–Kier alpha value is -1.61. The van der Waals surface area contributed by atoms with Gasteiger partial charge in [0.15, 0.2) is 9.84 Å². The van der Waals surface area contributed by atoms with Crippen LogP contribution in [0.25, 0.3) is 0 Å². The highest BCUT2D eigenvalue weighted by atomic mass is 32.2. The minimum atomic E-state index is -3.01. The van der Waals surface area contributed by atoms with Crippen LogP contribution in [-0.4, -0.2) is 32.5 Å². The maximum Gasteiger partial charge on any atom is 0.154 e. The van der Waals surface area contributed by atoms with Gasteiger partial charge in [-0.15, -0.1) is 0 Å². The van der Waals surface area contributed by atoms with Crippen molar-refractivity contribution < 1.29 is 12.8 Å². The second-order valence-electron chi connectivity index (χ2n) is 4.43. The van der Waals surface area contributed by atoms with Gasteiger partial charge in [0.2, 0.25) is 0 Å². The number of sulfone groups is 1. The smallest absolute Gasteiger partial charge is 0.154 e.